The minimum atomic E-state index is -0.879. The molecule has 1 heterocycles. The minimum Gasteiger partial charge on any atom is -0.462 e. The Bertz CT molecular complexity index is 231. The monoisotopic (exact) mass is 198 g/mol. The van der Waals surface area contributed by atoms with E-state index in [9.17, 15) is 9.90 Å². The standard InChI is InChI=1S/C11H18O3/c1-3-4-5-6-9-7-11(2,13)8-10(12)14-9/h3-4,9,13H,5-8H2,1-2H3/b4-3+/t9-,11-/m1/s1. The maximum absolute atomic E-state index is 11.1. The smallest absolute Gasteiger partial charge is 0.308 e. The van der Waals surface area contributed by atoms with E-state index in [-0.39, 0.29) is 18.5 Å². The molecule has 0 bridgehead atoms. The van der Waals surface area contributed by atoms with Crippen molar-refractivity contribution in [2.75, 3.05) is 0 Å². The summed E-state index contributed by atoms with van der Waals surface area (Å²) in [6.45, 7) is 3.65. The fraction of sp³-hybridized carbons (Fsp3) is 0.727. The highest BCUT2D eigenvalue weighted by Gasteiger charge is 2.35. The molecule has 14 heavy (non-hydrogen) atoms. The summed E-state index contributed by atoms with van der Waals surface area (Å²) < 4.78 is 5.14. The Hall–Kier alpha value is -0.830. The molecule has 0 aliphatic carbocycles. The Morgan fingerprint density at radius 2 is 2.43 bits per heavy atom. The number of carbonyl (C=O) groups excluding carboxylic acids is 1. The largest absolute Gasteiger partial charge is 0.462 e. The maximum atomic E-state index is 11.1. The van der Waals surface area contributed by atoms with E-state index in [0.29, 0.717) is 6.42 Å². The van der Waals surface area contributed by atoms with E-state index in [4.69, 9.17) is 4.74 Å². The number of aliphatic hydroxyl groups is 1. The van der Waals surface area contributed by atoms with E-state index in [1.54, 1.807) is 6.92 Å². The average molecular weight is 198 g/mol. The van der Waals surface area contributed by atoms with Crippen molar-refractivity contribution in [1.29, 1.82) is 0 Å². The molecule has 1 aliphatic heterocycles. The lowest BCUT2D eigenvalue weighted by Crippen LogP contribution is -2.40. The Kier molecular flexibility index (Phi) is 3.69. The third kappa shape index (κ3) is 3.50. The molecule has 80 valence electrons. The SMILES string of the molecule is C/C=C/CC[C@@H]1C[C@@](C)(O)CC(=O)O1. The highest BCUT2D eigenvalue weighted by Crippen LogP contribution is 2.27. The van der Waals surface area contributed by atoms with Crippen LogP contribution in [-0.2, 0) is 9.53 Å². The van der Waals surface area contributed by atoms with E-state index >= 15 is 0 Å². The van der Waals surface area contributed by atoms with Crippen molar-refractivity contribution in [1.82, 2.24) is 0 Å². The molecule has 0 aromatic rings. The molecule has 0 amide bonds. The topological polar surface area (TPSA) is 46.5 Å². The van der Waals surface area contributed by atoms with Crippen LogP contribution in [0.1, 0.15) is 39.5 Å². The van der Waals surface area contributed by atoms with E-state index in [0.717, 1.165) is 12.8 Å². The van der Waals surface area contributed by atoms with Gasteiger partial charge in [0.2, 0.25) is 0 Å². The van der Waals surface area contributed by atoms with Crippen LogP contribution in [0.4, 0.5) is 0 Å². The van der Waals surface area contributed by atoms with Gasteiger partial charge in [-0.3, -0.25) is 4.79 Å². The number of carbonyl (C=O) groups is 1. The first-order valence-corrected chi connectivity index (χ1v) is 5.06. The zero-order chi connectivity index (χ0) is 10.6. The van der Waals surface area contributed by atoms with Gasteiger partial charge in [-0.1, -0.05) is 12.2 Å². The normalized spacial score (nSPS) is 33.4. The second-order valence-electron chi connectivity index (χ2n) is 4.14. The lowest BCUT2D eigenvalue weighted by molar-refractivity contribution is -0.168. The van der Waals surface area contributed by atoms with Crippen molar-refractivity contribution in [2.45, 2.75) is 51.2 Å². The van der Waals surface area contributed by atoms with Crippen molar-refractivity contribution in [2.24, 2.45) is 0 Å². The van der Waals surface area contributed by atoms with Gasteiger partial charge in [0.25, 0.3) is 0 Å². The van der Waals surface area contributed by atoms with Crippen molar-refractivity contribution >= 4 is 5.97 Å². The van der Waals surface area contributed by atoms with Crippen molar-refractivity contribution in [3.63, 3.8) is 0 Å². The predicted molar refractivity (Wildman–Crippen MR) is 53.8 cm³/mol. The fourth-order valence-corrected chi connectivity index (χ4v) is 1.75. The zero-order valence-electron chi connectivity index (χ0n) is 8.82. The van der Waals surface area contributed by atoms with Crippen LogP contribution in [0.25, 0.3) is 0 Å². The van der Waals surface area contributed by atoms with E-state index in [2.05, 4.69) is 0 Å². The highest BCUT2D eigenvalue weighted by molar-refractivity contribution is 5.71. The summed E-state index contributed by atoms with van der Waals surface area (Å²) >= 11 is 0. The first kappa shape index (κ1) is 11.2. The Morgan fingerprint density at radius 1 is 1.71 bits per heavy atom. The molecule has 0 aromatic carbocycles. The third-order valence-corrected chi connectivity index (χ3v) is 2.38. The summed E-state index contributed by atoms with van der Waals surface area (Å²) in [7, 11) is 0. The van der Waals surface area contributed by atoms with E-state index in [1.807, 2.05) is 19.1 Å². The Morgan fingerprint density at radius 3 is 3.00 bits per heavy atom. The van der Waals surface area contributed by atoms with Gasteiger partial charge in [-0.2, -0.15) is 0 Å². The molecule has 3 nitrogen and oxygen atoms in total. The van der Waals surface area contributed by atoms with Gasteiger partial charge in [-0.25, -0.2) is 0 Å². The molecule has 1 fully saturated rings. The van der Waals surface area contributed by atoms with Gasteiger partial charge in [0, 0.05) is 6.42 Å². The summed E-state index contributed by atoms with van der Waals surface area (Å²) in [6, 6.07) is 0. The highest BCUT2D eigenvalue weighted by atomic mass is 16.5. The van der Waals surface area contributed by atoms with Crippen LogP contribution >= 0.6 is 0 Å². The van der Waals surface area contributed by atoms with Gasteiger partial charge < -0.3 is 9.84 Å². The minimum absolute atomic E-state index is 0.118. The van der Waals surface area contributed by atoms with Gasteiger partial charge in [-0.05, 0) is 26.7 Å². The first-order chi connectivity index (χ1) is 6.53. The average Bonchev–Trinajstić information content (AvgIpc) is 2.00. The lowest BCUT2D eigenvalue weighted by atomic mass is 9.90. The summed E-state index contributed by atoms with van der Waals surface area (Å²) in [4.78, 5) is 11.1. The Labute approximate surface area is 84.8 Å². The molecule has 1 aliphatic rings. The zero-order valence-corrected chi connectivity index (χ0v) is 8.82. The number of allylic oxidation sites excluding steroid dienone is 2. The molecular formula is C11H18O3. The molecular weight excluding hydrogens is 180 g/mol. The number of rotatable bonds is 3. The van der Waals surface area contributed by atoms with Crippen molar-refractivity contribution < 1.29 is 14.6 Å². The molecule has 1 rings (SSSR count). The first-order valence-electron chi connectivity index (χ1n) is 5.06. The van der Waals surface area contributed by atoms with E-state index in [1.165, 1.54) is 0 Å². The van der Waals surface area contributed by atoms with Crippen LogP contribution in [0.15, 0.2) is 12.2 Å². The molecule has 0 spiro atoms. The summed E-state index contributed by atoms with van der Waals surface area (Å²) in [6.07, 6.45) is 6.25. The van der Waals surface area contributed by atoms with Crippen LogP contribution in [0.5, 0.6) is 0 Å². The molecule has 0 aromatic heterocycles. The van der Waals surface area contributed by atoms with Crippen LogP contribution < -0.4 is 0 Å². The summed E-state index contributed by atoms with van der Waals surface area (Å²) in [5.74, 6) is -0.285. The Balaban J connectivity index is 2.42. The van der Waals surface area contributed by atoms with Gasteiger partial charge in [0.15, 0.2) is 0 Å². The molecule has 3 heteroatoms. The maximum Gasteiger partial charge on any atom is 0.308 e. The van der Waals surface area contributed by atoms with Crippen LogP contribution in [-0.4, -0.2) is 22.8 Å². The van der Waals surface area contributed by atoms with Gasteiger partial charge in [0.1, 0.15) is 6.10 Å². The molecule has 1 saturated heterocycles. The molecule has 2 atom stereocenters. The number of hydrogen-bond donors (Lipinski definition) is 1. The van der Waals surface area contributed by atoms with Crippen LogP contribution in [0.3, 0.4) is 0 Å². The second kappa shape index (κ2) is 4.60. The quantitative estimate of drug-likeness (QED) is 0.555. The fourth-order valence-electron chi connectivity index (χ4n) is 1.75. The number of cyclic esters (lactones) is 1. The van der Waals surface area contributed by atoms with Crippen molar-refractivity contribution in [3.05, 3.63) is 12.2 Å². The second-order valence-corrected chi connectivity index (χ2v) is 4.14. The van der Waals surface area contributed by atoms with E-state index < -0.39 is 5.60 Å². The molecule has 1 N–H and O–H groups in total. The number of hydrogen-bond acceptors (Lipinski definition) is 3. The van der Waals surface area contributed by atoms with Crippen molar-refractivity contribution in [3.8, 4) is 0 Å². The van der Waals surface area contributed by atoms with Gasteiger partial charge >= 0.3 is 5.97 Å². The lowest BCUT2D eigenvalue weighted by Gasteiger charge is -2.32. The summed E-state index contributed by atoms with van der Waals surface area (Å²) in [5.41, 5.74) is -0.879. The van der Waals surface area contributed by atoms with Crippen LogP contribution in [0.2, 0.25) is 0 Å². The molecule has 0 unspecified atom stereocenters. The summed E-state index contributed by atoms with van der Waals surface area (Å²) in [5, 5.41) is 9.75. The third-order valence-electron chi connectivity index (χ3n) is 2.38. The molecule has 0 radical (unpaired) electrons. The van der Waals surface area contributed by atoms with Gasteiger partial charge in [0.05, 0.1) is 12.0 Å². The number of ether oxygens (including phenoxy) is 1. The molecule has 0 saturated carbocycles. The van der Waals surface area contributed by atoms with Gasteiger partial charge in [-0.15, -0.1) is 0 Å². The van der Waals surface area contributed by atoms with Crippen LogP contribution in [0, 0.1) is 0 Å². The number of esters is 1. The predicted octanol–water partition coefficient (Wildman–Crippen LogP) is 1.80.